The largest absolute Gasteiger partial charge is 0.284 e. The van der Waals surface area contributed by atoms with E-state index < -0.39 is 0 Å². The van der Waals surface area contributed by atoms with Gasteiger partial charge >= 0.3 is 0 Å². The summed E-state index contributed by atoms with van der Waals surface area (Å²) in [6.45, 7) is 0.791. The Morgan fingerprint density at radius 1 is 0.926 bits per heavy atom. The van der Waals surface area contributed by atoms with E-state index in [-0.39, 0.29) is 11.6 Å². The number of hydrogen-bond acceptors (Lipinski definition) is 2. The summed E-state index contributed by atoms with van der Waals surface area (Å²) in [5.41, 5.74) is 4.80. The lowest BCUT2D eigenvalue weighted by Crippen LogP contribution is -2.11. The molecule has 0 N–H and O–H groups in total. The maximum Gasteiger partial charge on any atom is 0.131 e. The van der Waals surface area contributed by atoms with E-state index >= 15 is 0 Å². The number of allylic oxidation sites excluding steroid dienone is 1. The monoisotopic (exact) mass is 360 g/mol. The Morgan fingerprint density at radius 3 is 2.63 bits per heavy atom. The summed E-state index contributed by atoms with van der Waals surface area (Å²) in [5, 5.41) is 0. The molecule has 0 fully saturated rings. The van der Waals surface area contributed by atoms with Gasteiger partial charge in [0.05, 0.1) is 5.71 Å². The normalized spacial score (nSPS) is 15.6. The van der Waals surface area contributed by atoms with Gasteiger partial charge in [-0.25, -0.2) is 8.78 Å². The average molecular weight is 360 g/mol. The number of halogens is 2. The highest BCUT2D eigenvalue weighted by molar-refractivity contribution is 6.15. The standard InChI is InChI=1S/C23H18F2N2/c24-20-7-1-4-17(14-20)21-13-16(8-9-22(21)25)12-18-5-3-11-27-23(18)19-6-2-10-26-15-19/h1-2,4,6-10,12-15H,3,5,11H2/b18-12+. The lowest BCUT2D eigenvalue weighted by Gasteiger charge is -2.16. The van der Waals surface area contributed by atoms with Crippen LogP contribution in [0.5, 0.6) is 0 Å². The molecule has 4 rings (SSSR count). The average Bonchev–Trinajstić information content (AvgIpc) is 2.70. The number of rotatable bonds is 3. The topological polar surface area (TPSA) is 25.2 Å². The van der Waals surface area contributed by atoms with Crippen molar-refractivity contribution in [1.29, 1.82) is 0 Å². The molecule has 0 saturated carbocycles. The molecule has 27 heavy (non-hydrogen) atoms. The van der Waals surface area contributed by atoms with Gasteiger partial charge in [-0.2, -0.15) is 0 Å². The molecule has 1 aliphatic rings. The van der Waals surface area contributed by atoms with E-state index in [0.717, 1.165) is 41.8 Å². The minimum atomic E-state index is -0.381. The summed E-state index contributed by atoms with van der Waals surface area (Å²) in [6.07, 6.45) is 7.46. The third-order valence-electron chi connectivity index (χ3n) is 4.58. The van der Waals surface area contributed by atoms with E-state index in [4.69, 9.17) is 0 Å². The van der Waals surface area contributed by atoms with Crippen LogP contribution in [0.15, 0.2) is 77.6 Å². The Labute approximate surface area is 156 Å². The molecule has 0 radical (unpaired) electrons. The first-order valence-corrected chi connectivity index (χ1v) is 8.92. The van der Waals surface area contributed by atoms with Crippen LogP contribution in [0.3, 0.4) is 0 Å². The van der Waals surface area contributed by atoms with Crippen LogP contribution >= 0.6 is 0 Å². The number of aliphatic imine (C=N–C) groups is 1. The maximum atomic E-state index is 14.3. The van der Waals surface area contributed by atoms with Gasteiger partial charge in [0.1, 0.15) is 11.6 Å². The van der Waals surface area contributed by atoms with E-state index in [0.29, 0.717) is 11.1 Å². The molecule has 0 amide bonds. The molecule has 1 aliphatic heterocycles. The predicted octanol–water partition coefficient (Wildman–Crippen LogP) is 5.69. The molecule has 0 atom stereocenters. The Morgan fingerprint density at radius 2 is 1.81 bits per heavy atom. The Kier molecular flexibility index (Phi) is 4.88. The second-order valence-electron chi connectivity index (χ2n) is 6.49. The van der Waals surface area contributed by atoms with Crippen molar-refractivity contribution in [1.82, 2.24) is 4.98 Å². The van der Waals surface area contributed by atoms with E-state index in [2.05, 4.69) is 9.98 Å². The molecule has 2 nitrogen and oxygen atoms in total. The van der Waals surface area contributed by atoms with Crippen LogP contribution in [0, 0.1) is 11.6 Å². The number of hydrogen-bond donors (Lipinski definition) is 0. The third kappa shape index (κ3) is 3.85. The number of pyridine rings is 1. The van der Waals surface area contributed by atoms with E-state index in [1.165, 1.54) is 18.2 Å². The molecule has 0 unspecified atom stereocenters. The Hall–Kier alpha value is -3.14. The fourth-order valence-corrected chi connectivity index (χ4v) is 3.31. The summed E-state index contributed by atoms with van der Waals surface area (Å²) in [4.78, 5) is 8.85. The van der Waals surface area contributed by atoms with Crippen molar-refractivity contribution in [3.8, 4) is 11.1 Å². The molecule has 134 valence electrons. The highest BCUT2D eigenvalue weighted by Crippen LogP contribution is 2.27. The van der Waals surface area contributed by atoms with Crippen LogP contribution in [0.4, 0.5) is 8.78 Å². The molecular weight excluding hydrogens is 342 g/mol. The molecule has 2 heterocycles. The molecule has 2 aromatic carbocycles. The van der Waals surface area contributed by atoms with Crippen LogP contribution < -0.4 is 0 Å². The fraction of sp³-hybridized carbons (Fsp3) is 0.130. The van der Waals surface area contributed by atoms with Gasteiger partial charge in [-0.15, -0.1) is 0 Å². The van der Waals surface area contributed by atoms with Gasteiger partial charge in [-0.05, 0) is 72.0 Å². The van der Waals surface area contributed by atoms with Gasteiger partial charge < -0.3 is 0 Å². The summed E-state index contributed by atoms with van der Waals surface area (Å²) >= 11 is 0. The van der Waals surface area contributed by atoms with Crippen LogP contribution in [0.1, 0.15) is 24.0 Å². The summed E-state index contributed by atoms with van der Waals surface area (Å²) < 4.78 is 27.9. The molecule has 4 heteroatoms. The van der Waals surface area contributed by atoms with Crippen molar-refractivity contribution in [3.63, 3.8) is 0 Å². The molecule has 0 bridgehead atoms. The van der Waals surface area contributed by atoms with Crippen LogP contribution in [-0.4, -0.2) is 17.2 Å². The van der Waals surface area contributed by atoms with Crippen molar-refractivity contribution in [3.05, 3.63) is 95.3 Å². The van der Waals surface area contributed by atoms with Crippen molar-refractivity contribution in [2.24, 2.45) is 4.99 Å². The SMILES string of the molecule is Fc1cccc(-c2cc(/C=C3\CCCN=C3c3cccnc3)ccc2F)c1. The van der Waals surface area contributed by atoms with Crippen LogP contribution in [0.2, 0.25) is 0 Å². The van der Waals surface area contributed by atoms with Gasteiger partial charge in [0.2, 0.25) is 0 Å². The molecule has 3 aromatic rings. The number of nitrogens with zero attached hydrogens (tertiary/aromatic N) is 2. The quantitative estimate of drug-likeness (QED) is 0.589. The van der Waals surface area contributed by atoms with E-state index in [1.54, 1.807) is 36.7 Å². The summed E-state index contributed by atoms with van der Waals surface area (Å²) in [5.74, 6) is -0.749. The second-order valence-corrected chi connectivity index (χ2v) is 6.49. The first-order chi connectivity index (χ1) is 13.2. The molecule has 0 saturated heterocycles. The Bertz CT molecular complexity index is 1020. The van der Waals surface area contributed by atoms with Crippen molar-refractivity contribution in [2.45, 2.75) is 12.8 Å². The first kappa shape index (κ1) is 17.3. The summed E-state index contributed by atoms with van der Waals surface area (Å²) in [6, 6.07) is 14.8. The van der Waals surface area contributed by atoms with Crippen LogP contribution in [-0.2, 0) is 0 Å². The van der Waals surface area contributed by atoms with Gasteiger partial charge in [-0.1, -0.05) is 18.2 Å². The van der Waals surface area contributed by atoms with Crippen molar-refractivity contribution in [2.75, 3.05) is 6.54 Å². The van der Waals surface area contributed by atoms with E-state index in [9.17, 15) is 8.78 Å². The van der Waals surface area contributed by atoms with E-state index in [1.807, 2.05) is 18.2 Å². The molecule has 1 aromatic heterocycles. The second kappa shape index (κ2) is 7.62. The lowest BCUT2D eigenvalue weighted by atomic mass is 9.94. The summed E-state index contributed by atoms with van der Waals surface area (Å²) in [7, 11) is 0. The van der Waals surface area contributed by atoms with Crippen molar-refractivity contribution >= 4 is 11.8 Å². The van der Waals surface area contributed by atoms with Crippen molar-refractivity contribution < 1.29 is 8.78 Å². The molecule has 0 aliphatic carbocycles. The zero-order valence-electron chi connectivity index (χ0n) is 14.7. The first-order valence-electron chi connectivity index (χ1n) is 8.92. The maximum absolute atomic E-state index is 14.3. The number of benzene rings is 2. The highest BCUT2D eigenvalue weighted by atomic mass is 19.1. The molecular formula is C23H18F2N2. The van der Waals surface area contributed by atoms with Gasteiger partial charge in [0.15, 0.2) is 0 Å². The van der Waals surface area contributed by atoms with Crippen LogP contribution in [0.25, 0.3) is 17.2 Å². The zero-order valence-corrected chi connectivity index (χ0v) is 14.7. The third-order valence-corrected chi connectivity index (χ3v) is 4.58. The minimum absolute atomic E-state index is 0.368. The minimum Gasteiger partial charge on any atom is -0.284 e. The van der Waals surface area contributed by atoms with Gasteiger partial charge in [0, 0.05) is 30.1 Å². The lowest BCUT2D eigenvalue weighted by molar-refractivity contribution is 0.624. The van der Waals surface area contributed by atoms with Gasteiger partial charge in [-0.3, -0.25) is 9.98 Å². The Balaban J connectivity index is 1.74. The predicted molar refractivity (Wildman–Crippen MR) is 105 cm³/mol. The molecule has 0 spiro atoms. The van der Waals surface area contributed by atoms with Gasteiger partial charge in [0.25, 0.3) is 0 Å². The highest BCUT2D eigenvalue weighted by Gasteiger charge is 2.15. The zero-order chi connectivity index (χ0) is 18.6. The smallest absolute Gasteiger partial charge is 0.131 e. The fourth-order valence-electron chi connectivity index (χ4n) is 3.31. The number of aromatic nitrogens is 1.